The first-order valence-electron chi connectivity index (χ1n) is 5.72. The van der Waals surface area contributed by atoms with E-state index in [1.54, 1.807) is 0 Å². The molecule has 3 saturated carbocycles. The molecule has 2 radical (unpaired) electrons. The molecule has 0 amide bonds. The lowest BCUT2D eigenvalue weighted by Gasteiger charge is -2.31. The molecule has 0 aliphatic heterocycles. The van der Waals surface area contributed by atoms with E-state index < -0.39 is 0 Å². The molecule has 0 aromatic rings. The van der Waals surface area contributed by atoms with E-state index in [-0.39, 0.29) is 4.95 Å². The second-order valence-corrected chi connectivity index (χ2v) is 5.53. The zero-order chi connectivity index (χ0) is 9.71. The van der Waals surface area contributed by atoms with Crippen LogP contribution in [0.3, 0.4) is 0 Å². The predicted molar refractivity (Wildman–Crippen MR) is 60.3 cm³/mol. The number of ether oxygens (including phenoxy) is 1. The van der Waals surface area contributed by atoms with Crippen molar-refractivity contribution in [2.45, 2.75) is 38.2 Å². The molecule has 3 rings (SSSR count). The summed E-state index contributed by atoms with van der Waals surface area (Å²) >= 11 is 4.82. The van der Waals surface area contributed by atoms with Crippen molar-refractivity contribution in [1.29, 1.82) is 0 Å². The predicted octanol–water partition coefficient (Wildman–Crippen LogP) is 2.28. The highest BCUT2D eigenvalue weighted by Crippen LogP contribution is 2.59. The topological polar surface area (TPSA) is 9.23 Å². The molecule has 3 aliphatic rings. The lowest BCUT2D eigenvalue weighted by atomic mass is 9.80. The number of hydrogen-bond donors (Lipinski definition) is 0. The summed E-state index contributed by atoms with van der Waals surface area (Å²) in [4.78, 5) is 0.247. The van der Waals surface area contributed by atoms with Crippen molar-refractivity contribution < 1.29 is 4.74 Å². The fourth-order valence-electron chi connectivity index (χ4n) is 4.29. The smallest absolute Gasteiger partial charge is 0.183 e. The quantitative estimate of drug-likeness (QED) is 0.480. The molecule has 0 N–H and O–H groups in total. The fraction of sp³-hybridized carbons (Fsp3) is 0.909. The summed E-state index contributed by atoms with van der Waals surface area (Å²) in [6.45, 7) is 0. The van der Waals surface area contributed by atoms with Crippen molar-refractivity contribution in [2.24, 2.45) is 23.7 Å². The number of hydrogen-bond acceptors (Lipinski definition) is 2. The highest BCUT2D eigenvalue weighted by atomic mass is 32.1. The van der Waals surface area contributed by atoms with Gasteiger partial charge in [-0.05, 0) is 49.4 Å². The second kappa shape index (κ2) is 3.23. The van der Waals surface area contributed by atoms with Gasteiger partial charge in [0.05, 0.1) is 4.95 Å². The summed E-state index contributed by atoms with van der Waals surface area (Å²) in [6.07, 6.45) is 7.26. The van der Waals surface area contributed by atoms with Crippen molar-refractivity contribution in [3.63, 3.8) is 0 Å². The molecular formula is C11H15BOS. The Kier molecular flexibility index (Phi) is 2.12. The van der Waals surface area contributed by atoms with Crippen molar-refractivity contribution in [2.75, 3.05) is 0 Å². The Labute approximate surface area is 92.0 Å². The van der Waals surface area contributed by atoms with Crippen LogP contribution in [0, 0.1) is 23.7 Å². The monoisotopic (exact) mass is 206 g/mol. The molecule has 0 spiro atoms. The van der Waals surface area contributed by atoms with E-state index in [2.05, 4.69) is 0 Å². The maximum absolute atomic E-state index is 5.56. The average Bonchev–Trinajstić information content (AvgIpc) is 2.68. The third-order valence-corrected chi connectivity index (χ3v) is 4.73. The molecule has 3 heteroatoms. The highest BCUT2D eigenvalue weighted by molar-refractivity contribution is 7.82. The van der Waals surface area contributed by atoms with Crippen LogP contribution in [0.1, 0.15) is 32.1 Å². The first-order valence-corrected chi connectivity index (χ1v) is 6.12. The van der Waals surface area contributed by atoms with Gasteiger partial charge >= 0.3 is 0 Å². The van der Waals surface area contributed by atoms with E-state index in [4.69, 9.17) is 24.8 Å². The van der Waals surface area contributed by atoms with E-state index in [1.165, 1.54) is 32.1 Å². The normalized spacial score (nSPS) is 49.3. The van der Waals surface area contributed by atoms with E-state index in [0.29, 0.717) is 6.10 Å². The van der Waals surface area contributed by atoms with Gasteiger partial charge in [-0.15, -0.1) is 0 Å². The minimum Gasteiger partial charge on any atom is -0.495 e. The highest BCUT2D eigenvalue weighted by Gasteiger charge is 2.54. The fourth-order valence-corrected chi connectivity index (χ4v) is 4.41. The van der Waals surface area contributed by atoms with Gasteiger partial charge in [0.2, 0.25) is 0 Å². The van der Waals surface area contributed by atoms with Gasteiger partial charge in [-0.25, -0.2) is 0 Å². The van der Waals surface area contributed by atoms with Crippen LogP contribution in [-0.4, -0.2) is 18.9 Å². The number of fused-ring (bicyclic) bond motifs is 5. The second-order valence-electron chi connectivity index (χ2n) is 5.13. The van der Waals surface area contributed by atoms with Gasteiger partial charge in [0.15, 0.2) is 7.85 Å². The van der Waals surface area contributed by atoms with Gasteiger partial charge in [0.1, 0.15) is 6.10 Å². The van der Waals surface area contributed by atoms with Crippen molar-refractivity contribution >= 4 is 25.0 Å². The van der Waals surface area contributed by atoms with Gasteiger partial charge < -0.3 is 4.74 Å². The Bertz CT molecular complexity index is 268. The summed E-state index contributed by atoms with van der Waals surface area (Å²) in [7, 11) is 5.45. The standard InChI is InChI=1S/C11H15BOS/c12-11(14)13-10-5-6-4-9(10)8-3-1-2-7(6)8/h6-10H,1-5H2. The molecule has 5 atom stereocenters. The Balaban J connectivity index is 1.73. The Morgan fingerprint density at radius 1 is 1.14 bits per heavy atom. The van der Waals surface area contributed by atoms with Crippen LogP contribution in [-0.2, 0) is 4.74 Å². The summed E-state index contributed by atoms with van der Waals surface area (Å²) in [5.41, 5.74) is 0. The van der Waals surface area contributed by atoms with Crippen LogP contribution in [0.15, 0.2) is 0 Å². The van der Waals surface area contributed by atoms with Gasteiger partial charge in [-0.2, -0.15) is 0 Å². The number of rotatable bonds is 1. The third-order valence-electron chi connectivity index (χ3n) is 4.64. The van der Waals surface area contributed by atoms with Gasteiger partial charge in [-0.1, -0.05) is 18.6 Å². The van der Waals surface area contributed by atoms with E-state index in [1.807, 2.05) is 0 Å². The summed E-state index contributed by atoms with van der Waals surface area (Å²) < 4.78 is 5.56. The van der Waals surface area contributed by atoms with E-state index in [0.717, 1.165) is 23.7 Å². The van der Waals surface area contributed by atoms with Gasteiger partial charge in [0.25, 0.3) is 0 Å². The van der Waals surface area contributed by atoms with E-state index >= 15 is 0 Å². The zero-order valence-electron chi connectivity index (χ0n) is 8.32. The molecule has 0 saturated heterocycles. The Morgan fingerprint density at radius 2 is 1.93 bits per heavy atom. The maximum atomic E-state index is 5.56. The summed E-state index contributed by atoms with van der Waals surface area (Å²) in [5.74, 6) is 3.65. The van der Waals surface area contributed by atoms with Crippen molar-refractivity contribution in [3.8, 4) is 0 Å². The van der Waals surface area contributed by atoms with Crippen LogP contribution >= 0.6 is 12.2 Å². The van der Waals surface area contributed by atoms with Crippen LogP contribution in [0.2, 0.25) is 0 Å². The van der Waals surface area contributed by atoms with Crippen molar-refractivity contribution in [3.05, 3.63) is 0 Å². The minimum absolute atomic E-state index is 0.247. The zero-order valence-corrected chi connectivity index (χ0v) is 9.13. The maximum Gasteiger partial charge on any atom is 0.183 e. The molecule has 3 fully saturated rings. The average molecular weight is 206 g/mol. The lowest BCUT2D eigenvalue weighted by Crippen LogP contribution is -2.31. The summed E-state index contributed by atoms with van der Waals surface area (Å²) in [6, 6.07) is 0. The first-order chi connectivity index (χ1) is 6.75. The summed E-state index contributed by atoms with van der Waals surface area (Å²) in [5, 5.41) is 0. The first kappa shape index (κ1) is 9.20. The molecule has 14 heavy (non-hydrogen) atoms. The molecule has 0 aromatic heterocycles. The van der Waals surface area contributed by atoms with Crippen LogP contribution < -0.4 is 0 Å². The molecule has 3 aliphatic carbocycles. The number of thiocarbonyl (C=S) groups is 1. The molecule has 1 nitrogen and oxygen atoms in total. The lowest BCUT2D eigenvalue weighted by molar-refractivity contribution is 0.0808. The Hall–Kier alpha value is -0.0451. The largest absolute Gasteiger partial charge is 0.495 e. The van der Waals surface area contributed by atoms with Crippen LogP contribution in [0.4, 0.5) is 0 Å². The Morgan fingerprint density at radius 3 is 2.71 bits per heavy atom. The SMILES string of the molecule is [B]C(=S)OC1CC2CC1C1CCCC21. The van der Waals surface area contributed by atoms with Gasteiger partial charge in [-0.3, -0.25) is 0 Å². The molecule has 2 bridgehead atoms. The molecule has 0 aromatic carbocycles. The molecule has 5 unspecified atom stereocenters. The molecular weight excluding hydrogens is 191 g/mol. The van der Waals surface area contributed by atoms with Crippen LogP contribution in [0.25, 0.3) is 0 Å². The van der Waals surface area contributed by atoms with Crippen molar-refractivity contribution in [1.82, 2.24) is 0 Å². The minimum atomic E-state index is 0.247. The van der Waals surface area contributed by atoms with Crippen LogP contribution in [0.5, 0.6) is 0 Å². The molecule has 0 heterocycles. The third kappa shape index (κ3) is 1.24. The molecule has 74 valence electrons. The van der Waals surface area contributed by atoms with Gasteiger partial charge in [0, 0.05) is 0 Å². The van der Waals surface area contributed by atoms with E-state index in [9.17, 15) is 0 Å².